The third-order valence-electron chi connectivity index (χ3n) is 3.15. The molecular formula is C15H14IN3OS. The maximum atomic E-state index is 12.2. The molecule has 1 N–H and O–H groups in total. The van der Waals surface area contributed by atoms with E-state index in [1.165, 1.54) is 0 Å². The van der Waals surface area contributed by atoms with Crippen LogP contribution in [0.4, 0.5) is 0 Å². The van der Waals surface area contributed by atoms with Gasteiger partial charge in [0.2, 0.25) is 0 Å². The molecule has 0 aromatic carbocycles. The Morgan fingerprint density at radius 1 is 1.33 bits per heavy atom. The number of halogens is 1. The van der Waals surface area contributed by atoms with Crippen LogP contribution in [0, 0.1) is 3.57 Å². The van der Waals surface area contributed by atoms with Crippen molar-refractivity contribution in [1.82, 2.24) is 15.0 Å². The molecule has 4 nitrogen and oxygen atoms in total. The summed E-state index contributed by atoms with van der Waals surface area (Å²) < 4.78 is 1.74. The second-order valence-electron chi connectivity index (χ2n) is 5.86. The summed E-state index contributed by atoms with van der Waals surface area (Å²) >= 11 is 3.69. The van der Waals surface area contributed by atoms with Crippen LogP contribution in [0.5, 0.6) is 0 Å². The number of rotatable bonds is 1. The summed E-state index contributed by atoms with van der Waals surface area (Å²) in [5.74, 6) is 0.577. The van der Waals surface area contributed by atoms with Crippen molar-refractivity contribution in [2.45, 2.75) is 26.2 Å². The summed E-state index contributed by atoms with van der Waals surface area (Å²) in [6, 6.07) is 4.00. The molecule has 0 radical (unpaired) electrons. The van der Waals surface area contributed by atoms with Crippen LogP contribution in [-0.4, -0.2) is 15.0 Å². The zero-order valence-corrected chi connectivity index (χ0v) is 14.9. The van der Waals surface area contributed by atoms with Gasteiger partial charge in [-0.05, 0) is 40.1 Å². The van der Waals surface area contributed by atoms with Crippen LogP contribution in [-0.2, 0) is 5.41 Å². The number of hydrogen-bond donors (Lipinski definition) is 1. The second-order valence-corrected chi connectivity index (χ2v) is 7.88. The molecule has 0 amide bonds. The van der Waals surface area contributed by atoms with Gasteiger partial charge in [0.25, 0.3) is 5.56 Å². The Bertz CT molecular complexity index is 876. The van der Waals surface area contributed by atoms with E-state index in [2.05, 4.69) is 58.3 Å². The first-order chi connectivity index (χ1) is 9.86. The molecule has 0 fully saturated rings. The third-order valence-corrected chi connectivity index (χ3v) is 5.00. The predicted molar refractivity (Wildman–Crippen MR) is 94.9 cm³/mol. The van der Waals surface area contributed by atoms with E-state index in [9.17, 15) is 4.79 Å². The highest BCUT2D eigenvalue weighted by molar-refractivity contribution is 14.1. The fraction of sp³-hybridized carbons (Fsp3) is 0.267. The largest absolute Gasteiger partial charge is 0.306 e. The Morgan fingerprint density at radius 2 is 2.10 bits per heavy atom. The van der Waals surface area contributed by atoms with Gasteiger partial charge in [-0.15, -0.1) is 11.3 Å². The van der Waals surface area contributed by atoms with Crippen molar-refractivity contribution >= 4 is 44.1 Å². The zero-order chi connectivity index (χ0) is 15.2. The highest BCUT2D eigenvalue weighted by Gasteiger charge is 2.22. The maximum Gasteiger partial charge on any atom is 0.264 e. The third kappa shape index (κ3) is 2.74. The van der Waals surface area contributed by atoms with Gasteiger partial charge in [-0.2, -0.15) is 0 Å². The summed E-state index contributed by atoms with van der Waals surface area (Å²) in [6.45, 7) is 6.17. The zero-order valence-electron chi connectivity index (χ0n) is 11.9. The topological polar surface area (TPSA) is 58.6 Å². The van der Waals surface area contributed by atoms with Crippen LogP contribution in [0.1, 0.15) is 26.5 Å². The first-order valence-corrected chi connectivity index (χ1v) is 8.46. The lowest BCUT2D eigenvalue weighted by Gasteiger charge is -2.19. The minimum Gasteiger partial charge on any atom is -0.306 e. The van der Waals surface area contributed by atoms with Crippen molar-refractivity contribution in [1.29, 1.82) is 0 Å². The molecule has 0 saturated carbocycles. The normalized spacial score (nSPS) is 12.0. The van der Waals surface area contributed by atoms with Gasteiger partial charge in [-0.25, -0.2) is 4.98 Å². The summed E-state index contributed by atoms with van der Waals surface area (Å²) in [5, 5.41) is 2.01. The minimum absolute atomic E-state index is 0.100. The molecule has 3 heterocycles. The van der Waals surface area contributed by atoms with Gasteiger partial charge >= 0.3 is 0 Å². The Balaban J connectivity index is 2.22. The van der Waals surface area contributed by atoms with Gasteiger partial charge in [0.05, 0.1) is 15.9 Å². The molecule has 0 spiro atoms. The smallest absolute Gasteiger partial charge is 0.264 e. The molecule has 0 aliphatic heterocycles. The van der Waals surface area contributed by atoms with E-state index in [4.69, 9.17) is 0 Å². The summed E-state index contributed by atoms with van der Waals surface area (Å²) in [4.78, 5) is 24.1. The van der Waals surface area contributed by atoms with Crippen LogP contribution in [0.25, 0.3) is 21.6 Å². The molecule has 21 heavy (non-hydrogen) atoms. The fourth-order valence-corrected chi connectivity index (χ4v) is 3.91. The Labute approximate surface area is 139 Å². The van der Waals surface area contributed by atoms with Crippen molar-refractivity contribution < 1.29 is 0 Å². The van der Waals surface area contributed by atoms with Gasteiger partial charge < -0.3 is 4.98 Å². The number of aromatic nitrogens is 3. The predicted octanol–water partition coefficient (Wildman–Crippen LogP) is 3.95. The molecule has 0 aliphatic carbocycles. The number of fused-ring (bicyclic) bond motifs is 1. The lowest BCUT2D eigenvalue weighted by Crippen LogP contribution is -2.24. The second kappa shape index (κ2) is 5.17. The SMILES string of the molecule is CC(C)(C)c1nc(-c2cnc3ccsc3c2)[nH]c(=O)c1I. The van der Waals surface area contributed by atoms with Gasteiger partial charge in [-0.3, -0.25) is 9.78 Å². The Morgan fingerprint density at radius 3 is 2.81 bits per heavy atom. The van der Waals surface area contributed by atoms with Gasteiger partial charge in [0.1, 0.15) is 9.39 Å². The highest BCUT2D eigenvalue weighted by Crippen LogP contribution is 2.27. The lowest BCUT2D eigenvalue weighted by molar-refractivity contribution is 0.562. The van der Waals surface area contributed by atoms with Crippen molar-refractivity contribution in [2.75, 3.05) is 0 Å². The first-order valence-electron chi connectivity index (χ1n) is 6.50. The van der Waals surface area contributed by atoms with Crippen LogP contribution >= 0.6 is 33.9 Å². The van der Waals surface area contributed by atoms with Crippen LogP contribution in [0.3, 0.4) is 0 Å². The molecule has 0 atom stereocenters. The Hall–Kier alpha value is -1.28. The summed E-state index contributed by atoms with van der Waals surface area (Å²) in [5.41, 5.74) is 2.33. The van der Waals surface area contributed by atoms with E-state index in [0.29, 0.717) is 9.39 Å². The molecule has 6 heteroatoms. The Kier molecular flexibility index (Phi) is 3.61. The van der Waals surface area contributed by atoms with E-state index in [1.807, 2.05) is 17.5 Å². The first kappa shape index (κ1) is 14.6. The van der Waals surface area contributed by atoms with Crippen LogP contribution in [0.2, 0.25) is 0 Å². The van der Waals surface area contributed by atoms with Gasteiger partial charge in [0, 0.05) is 17.2 Å². The molecule has 0 bridgehead atoms. The van der Waals surface area contributed by atoms with Gasteiger partial charge in [0.15, 0.2) is 0 Å². The van der Waals surface area contributed by atoms with Crippen molar-refractivity contribution in [3.63, 3.8) is 0 Å². The quantitative estimate of drug-likeness (QED) is 0.617. The maximum absolute atomic E-state index is 12.2. The number of nitrogens with zero attached hydrogens (tertiary/aromatic N) is 2. The van der Waals surface area contributed by atoms with Crippen LogP contribution in [0.15, 0.2) is 28.5 Å². The molecule has 0 unspecified atom stereocenters. The van der Waals surface area contributed by atoms with E-state index >= 15 is 0 Å². The van der Waals surface area contributed by atoms with Crippen molar-refractivity contribution in [3.8, 4) is 11.4 Å². The van der Waals surface area contributed by atoms with E-state index in [-0.39, 0.29) is 11.0 Å². The molecule has 0 saturated heterocycles. The summed E-state index contributed by atoms with van der Waals surface area (Å²) in [7, 11) is 0. The molecule has 108 valence electrons. The molecular weight excluding hydrogens is 397 g/mol. The highest BCUT2D eigenvalue weighted by atomic mass is 127. The van der Waals surface area contributed by atoms with E-state index in [0.717, 1.165) is 21.5 Å². The van der Waals surface area contributed by atoms with E-state index < -0.39 is 0 Å². The number of aromatic amines is 1. The average molecular weight is 411 g/mol. The summed E-state index contributed by atoms with van der Waals surface area (Å²) in [6.07, 6.45) is 1.76. The minimum atomic E-state index is -0.181. The standard InChI is InChI=1S/C15H14IN3OS/c1-15(2,3)12-11(16)14(20)19-13(18-12)8-6-10-9(17-7-8)4-5-21-10/h4-7H,1-3H3,(H,18,19,20). The number of thiophene rings is 1. The average Bonchev–Trinajstić information content (AvgIpc) is 2.87. The van der Waals surface area contributed by atoms with Gasteiger partial charge in [-0.1, -0.05) is 20.8 Å². The number of pyridine rings is 1. The molecule has 3 aromatic rings. The molecule has 0 aliphatic rings. The fourth-order valence-electron chi connectivity index (χ4n) is 2.07. The number of hydrogen-bond acceptors (Lipinski definition) is 4. The van der Waals surface area contributed by atoms with Crippen LogP contribution < -0.4 is 5.56 Å². The molecule has 3 rings (SSSR count). The van der Waals surface area contributed by atoms with Crippen molar-refractivity contribution in [3.05, 3.63) is 43.3 Å². The monoisotopic (exact) mass is 411 g/mol. The number of H-pyrrole nitrogens is 1. The molecule has 3 aromatic heterocycles. The van der Waals surface area contributed by atoms with E-state index in [1.54, 1.807) is 17.5 Å². The number of nitrogens with one attached hydrogen (secondary N) is 1. The lowest BCUT2D eigenvalue weighted by atomic mass is 9.92. The van der Waals surface area contributed by atoms with Crippen molar-refractivity contribution in [2.24, 2.45) is 0 Å².